The quantitative estimate of drug-likeness (QED) is 0.743. The molecule has 0 saturated carbocycles. The number of nitrogens with zero attached hydrogens (tertiary/aromatic N) is 1. The van der Waals surface area contributed by atoms with Crippen molar-refractivity contribution in [2.75, 3.05) is 21.3 Å². The zero-order valence-electron chi connectivity index (χ0n) is 15.2. The zero-order chi connectivity index (χ0) is 17.7. The number of hydrogen-bond acceptors (Lipinski definition) is 4. The van der Waals surface area contributed by atoms with Crippen LogP contribution in [-0.2, 0) is 5.41 Å². The normalized spacial score (nSPS) is 11.6. The largest absolute Gasteiger partial charge is 0.497 e. The van der Waals surface area contributed by atoms with E-state index in [0.717, 1.165) is 34.1 Å². The van der Waals surface area contributed by atoms with Crippen LogP contribution in [0.1, 0.15) is 31.9 Å². The van der Waals surface area contributed by atoms with Crippen LogP contribution in [0.4, 0.5) is 5.69 Å². The highest BCUT2D eigenvalue weighted by molar-refractivity contribution is 5.89. The van der Waals surface area contributed by atoms with Crippen LogP contribution in [0.5, 0.6) is 17.2 Å². The second-order valence-corrected chi connectivity index (χ2v) is 6.47. The van der Waals surface area contributed by atoms with Gasteiger partial charge in [0, 0.05) is 12.3 Å². The molecule has 0 aliphatic rings. The van der Waals surface area contributed by atoms with Crippen molar-refractivity contribution in [1.29, 1.82) is 0 Å². The minimum Gasteiger partial charge on any atom is -0.497 e. The number of ether oxygens (including phenoxy) is 3. The summed E-state index contributed by atoms with van der Waals surface area (Å²) in [7, 11) is 4.93. The van der Waals surface area contributed by atoms with E-state index in [1.807, 2.05) is 30.3 Å². The highest BCUT2D eigenvalue weighted by Crippen LogP contribution is 2.35. The molecule has 0 heterocycles. The van der Waals surface area contributed by atoms with E-state index in [0.29, 0.717) is 0 Å². The summed E-state index contributed by atoms with van der Waals surface area (Å²) in [6.45, 7) is 6.49. The molecule has 0 bridgehead atoms. The second kappa shape index (κ2) is 7.39. The Morgan fingerprint density at radius 2 is 1.50 bits per heavy atom. The Morgan fingerprint density at radius 3 is 2.00 bits per heavy atom. The van der Waals surface area contributed by atoms with E-state index in [9.17, 15) is 0 Å². The minimum atomic E-state index is -0.0240. The molecule has 0 atom stereocenters. The molecule has 0 aliphatic carbocycles. The van der Waals surface area contributed by atoms with Crippen molar-refractivity contribution >= 4 is 11.9 Å². The molecule has 0 aromatic heterocycles. The van der Waals surface area contributed by atoms with Gasteiger partial charge < -0.3 is 14.2 Å². The molecular formula is C20H25NO3. The summed E-state index contributed by atoms with van der Waals surface area (Å²) < 4.78 is 16.2. The Kier molecular flexibility index (Phi) is 5.50. The molecule has 2 rings (SSSR count). The molecule has 0 N–H and O–H groups in total. The van der Waals surface area contributed by atoms with Crippen LogP contribution in [0, 0.1) is 0 Å². The van der Waals surface area contributed by atoms with Crippen LogP contribution in [0.25, 0.3) is 0 Å². The molecule has 0 amide bonds. The van der Waals surface area contributed by atoms with E-state index in [-0.39, 0.29) is 5.41 Å². The van der Waals surface area contributed by atoms with Crippen molar-refractivity contribution in [2.24, 2.45) is 4.99 Å². The van der Waals surface area contributed by atoms with Crippen LogP contribution in [0.3, 0.4) is 0 Å². The Balaban J connectivity index is 2.53. The monoisotopic (exact) mass is 327 g/mol. The molecule has 24 heavy (non-hydrogen) atoms. The van der Waals surface area contributed by atoms with Crippen molar-refractivity contribution in [3.8, 4) is 17.2 Å². The van der Waals surface area contributed by atoms with Crippen LogP contribution in [0.2, 0.25) is 0 Å². The molecule has 128 valence electrons. The fraction of sp³-hybridized carbons (Fsp3) is 0.350. The summed E-state index contributed by atoms with van der Waals surface area (Å²) in [4.78, 5) is 4.70. The number of methoxy groups -OCH3 is 3. The minimum absolute atomic E-state index is 0.0240. The van der Waals surface area contributed by atoms with Crippen molar-refractivity contribution in [3.05, 3.63) is 47.5 Å². The molecule has 0 fully saturated rings. The first-order chi connectivity index (χ1) is 11.4. The summed E-state index contributed by atoms with van der Waals surface area (Å²) in [6.07, 6.45) is 1.78. The first-order valence-corrected chi connectivity index (χ1v) is 7.84. The standard InChI is InChI=1S/C20H25NO3/c1-20(2,3)16-11-10-14(22-4)12-17(16)21-13-15-18(23-5)8-7-9-19(15)24-6/h7-13H,1-6H3. The molecule has 0 radical (unpaired) electrons. The van der Waals surface area contributed by atoms with Crippen molar-refractivity contribution in [3.63, 3.8) is 0 Å². The molecule has 4 nitrogen and oxygen atoms in total. The van der Waals surface area contributed by atoms with Gasteiger partial charge in [-0.05, 0) is 29.2 Å². The van der Waals surface area contributed by atoms with E-state index in [4.69, 9.17) is 19.2 Å². The lowest BCUT2D eigenvalue weighted by atomic mass is 9.86. The molecule has 0 unspecified atom stereocenters. The number of rotatable bonds is 5. The lowest BCUT2D eigenvalue weighted by Crippen LogP contribution is -2.11. The summed E-state index contributed by atoms with van der Waals surface area (Å²) >= 11 is 0. The zero-order valence-corrected chi connectivity index (χ0v) is 15.2. The molecule has 4 heteroatoms. The van der Waals surface area contributed by atoms with Gasteiger partial charge in [0.25, 0.3) is 0 Å². The van der Waals surface area contributed by atoms with Gasteiger partial charge in [0.1, 0.15) is 17.2 Å². The second-order valence-electron chi connectivity index (χ2n) is 6.47. The highest BCUT2D eigenvalue weighted by atomic mass is 16.5. The lowest BCUT2D eigenvalue weighted by molar-refractivity contribution is 0.393. The van der Waals surface area contributed by atoms with E-state index < -0.39 is 0 Å². The maximum absolute atomic E-state index is 5.42. The van der Waals surface area contributed by atoms with Gasteiger partial charge in [-0.1, -0.05) is 32.9 Å². The average Bonchev–Trinajstić information content (AvgIpc) is 2.58. The van der Waals surface area contributed by atoms with Crippen LogP contribution in [-0.4, -0.2) is 27.5 Å². The van der Waals surface area contributed by atoms with E-state index in [1.165, 1.54) is 0 Å². The van der Waals surface area contributed by atoms with Gasteiger partial charge in [0.15, 0.2) is 0 Å². The van der Waals surface area contributed by atoms with Crippen molar-refractivity contribution in [1.82, 2.24) is 0 Å². The number of hydrogen-bond donors (Lipinski definition) is 0. The smallest absolute Gasteiger partial charge is 0.131 e. The third kappa shape index (κ3) is 3.88. The summed E-state index contributed by atoms with van der Waals surface area (Å²) in [5.41, 5.74) is 2.80. The Labute approximate surface area is 144 Å². The SMILES string of the molecule is COc1ccc(C(C)(C)C)c(N=Cc2c(OC)cccc2OC)c1. The predicted octanol–water partition coefficient (Wildman–Crippen LogP) is 4.76. The fourth-order valence-corrected chi connectivity index (χ4v) is 2.52. The van der Waals surface area contributed by atoms with Crippen molar-refractivity contribution in [2.45, 2.75) is 26.2 Å². The van der Waals surface area contributed by atoms with Crippen LogP contribution in [0.15, 0.2) is 41.4 Å². The van der Waals surface area contributed by atoms with Gasteiger partial charge in [-0.2, -0.15) is 0 Å². The van der Waals surface area contributed by atoms with E-state index in [1.54, 1.807) is 27.5 Å². The summed E-state index contributed by atoms with van der Waals surface area (Å²) in [6, 6.07) is 11.6. The topological polar surface area (TPSA) is 40.0 Å². The van der Waals surface area contributed by atoms with Gasteiger partial charge in [-0.25, -0.2) is 0 Å². The maximum atomic E-state index is 5.42. The molecule has 2 aromatic carbocycles. The third-order valence-corrected chi connectivity index (χ3v) is 3.81. The number of aliphatic imine (C=N–C) groups is 1. The van der Waals surface area contributed by atoms with Gasteiger partial charge in [-0.15, -0.1) is 0 Å². The van der Waals surface area contributed by atoms with Crippen LogP contribution < -0.4 is 14.2 Å². The highest BCUT2D eigenvalue weighted by Gasteiger charge is 2.18. The molecule has 0 saturated heterocycles. The van der Waals surface area contributed by atoms with E-state index >= 15 is 0 Å². The summed E-state index contributed by atoms with van der Waals surface area (Å²) in [5, 5.41) is 0. The fourth-order valence-electron chi connectivity index (χ4n) is 2.52. The first kappa shape index (κ1) is 17.9. The average molecular weight is 327 g/mol. The maximum Gasteiger partial charge on any atom is 0.131 e. The summed E-state index contributed by atoms with van der Waals surface area (Å²) in [5.74, 6) is 2.22. The molecule has 2 aromatic rings. The lowest BCUT2D eigenvalue weighted by Gasteiger charge is -2.21. The Morgan fingerprint density at radius 1 is 0.875 bits per heavy atom. The van der Waals surface area contributed by atoms with Gasteiger partial charge in [0.05, 0.1) is 32.6 Å². The molecular weight excluding hydrogens is 302 g/mol. The Hall–Kier alpha value is -2.49. The first-order valence-electron chi connectivity index (χ1n) is 7.84. The Bertz CT molecular complexity index is 708. The van der Waals surface area contributed by atoms with Crippen molar-refractivity contribution < 1.29 is 14.2 Å². The molecule has 0 spiro atoms. The number of benzene rings is 2. The van der Waals surface area contributed by atoms with Crippen LogP contribution >= 0.6 is 0 Å². The predicted molar refractivity (Wildman–Crippen MR) is 98.5 cm³/mol. The van der Waals surface area contributed by atoms with E-state index in [2.05, 4.69) is 26.8 Å². The van der Waals surface area contributed by atoms with Gasteiger partial charge in [-0.3, -0.25) is 4.99 Å². The third-order valence-electron chi connectivity index (χ3n) is 3.81. The van der Waals surface area contributed by atoms with Gasteiger partial charge >= 0.3 is 0 Å². The van der Waals surface area contributed by atoms with Gasteiger partial charge in [0.2, 0.25) is 0 Å². The molecule has 0 aliphatic heterocycles.